The van der Waals surface area contributed by atoms with Crippen molar-refractivity contribution in [2.45, 2.75) is 51.0 Å². The van der Waals surface area contributed by atoms with E-state index >= 15 is 0 Å². The van der Waals surface area contributed by atoms with Crippen molar-refractivity contribution in [3.63, 3.8) is 0 Å². The Kier molecular flexibility index (Phi) is 4.98. The van der Waals surface area contributed by atoms with Gasteiger partial charge in [0.2, 0.25) is 5.92 Å². The standard InChI is InChI=1S/C13H19BrF2N2S/c1-8-5-11(19-12(8)14)10(18-17)6-9-3-2-4-13(15,16)7-9/h5,9-10,18H,2-4,6-7,17H2,1H3. The van der Waals surface area contributed by atoms with Gasteiger partial charge in [0.05, 0.1) is 9.83 Å². The second-order valence-corrected chi connectivity index (χ2v) is 7.78. The molecule has 1 fully saturated rings. The number of halogens is 3. The van der Waals surface area contributed by atoms with Gasteiger partial charge < -0.3 is 0 Å². The van der Waals surface area contributed by atoms with Crippen molar-refractivity contribution in [1.82, 2.24) is 5.43 Å². The molecule has 0 saturated heterocycles. The highest BCUT2D eigenvalue weighted by molar-refractivity contribution is 9.11. The van der Waals surface area contributed by atoms with Crippen LogP contribution in [-0.2, 0) is 0 Å². The van der Waals surface area contributed by atoms with E-state index in [1.807, 2.05) is 6.92 Å². The van der Waals surface area contributed by atoms with E-state index in [4.69, 9.17) is 5.84 Å². The van der Waals surface area contributed by atoms with Crippen LogP contribution in [0.4, 0.5) is 8.78 Å². The number of thiophene rings is 1. The fourth-order valence-electron chi connectivity index (χ4n) is 2.73. The van der Waals surface area contributed by atoms with Crippen LogP contribution in [0.1, 0.15) is 48.6 Å². The van der Waals surface area contributed by atoms with Gasteiger partial charge >= 0.3 is 0 Å². The maximum Gasteiger partial charge on any atom is 0.248 e. The van der Waals surface area contributed by atoms with Gasteiger partial charge in [-0.3, -0.25) is 11.3 Å². The fraction of sp³-hybridized carbons (Fsp3) is 0.692. The quantitative estimate of drug-likeness (QED) is 0.616. The molecule has 1 aliphatic rings. The van der Waals surface area contributed by atoms with E-state index in [0.717, 1.165) is 20.6 Å². The van der Waals surface area contributed by atoms with E-state index in [2.05, 4.69) is 27.4 Å². The van der Waals surface area contributed by atoms with Crippen LogP contribution in [-0.4, -0.2) is 5.92 Å². The molecule has 2 nitrogen and oxygen atoms in total. The predicted octanol–water partition coefficient (Wildman–Crippen LogP) is 4.54. The lowest BCUT2D eigenvalue weighted by molar-refractivity contribution is -0.0548. The van der Waals surface area contributed by atoms with Crippen LogP contribution in [0, 0.1) is 12.8 Å². The Morgan fingerprint density at radius 2 is 2.37 bits per heavy atom. The molecule has 0 radical (unpaired) electrons. The second kappa shape index (κ2) is 6.16. The van der Waals surface area contributed by atoms with Crippen molar-refractivity contribution in [2.24, 2.45) is 11.8 Å². The number of nitrogens with two attached hydrogens (primary N) is 1. The summed E-state index contributed by atoms with van der Waals surface area (Å²) in [6.07, 6.45) is 2.20. The van der Waals surface area contributed by atoms with Crippen LogP contribution in [0.3, 0.4) is 0 Å². The highest BCUT2D eigenvalue weighted by atomic mass is 79.9. The van der Waals surface area contributed by atoms with Gasteiger partial charge in [0, 0.05) is 17.7 Å². The van der Waals surface area contributed by atoms with Crippen LogP contribution in [0.15, 0.2) is 9.85 Å². The summed E-state index contributed by atoms with van der Waals surface area (Å²) in [5.41, 5.74) is 3.94. The van der Waals surface area contributed by atoms with Crippen molar-refractivity contribution in [2.75, 3.05) is 0 Å². The summed E-state index contributed by atoms with van der Waals surface area (Å²) in [6, 6.07) is 2.04. The Balaban J connectivity index is 2.03. The Labute approximate surface area is 124 Å². The second-order valence-electron chi connectivity index (χ2n) is 5.38. The van der Waals surface area contributed by atoms with Crippen LogP contribution < -0.4 is 11.3 Å². The number of rotatable bonds is 4. The number of aryl methyl sites for hydroxylation is 1. The lowest BCUT2D eigenvalue weighted by Crippen LogP contribution is -2.32. The minimum Gasteiger partial charge on any atom is -0.271 e. The molecule has 1 aromatic rings. The third-order valence-corrected chi connectivity index (χ3v) is 5.98. The maximum atomic E-state index is 13.4. The van der Waals surface area contributed by atoms with Crippen LogP contribution in [0.25, 0.3) is 0 Å². The van der Waals surface area contributed by atoms with E-state index in [1.54, 1.807) is 11.3 Å². The Bertz CT molecular complexity index is 417. The first-order chi connectivity index (χ1) is 8.91. The van der Waals surface area contributed by atoms with Gasteiger partial charge in [-0.25, -0.2) is 8.78 Å². The molecule has 1 aliphatic carbocycles. The number of alkyl halides is 2. The number of hydrogen-bond donors (Lipinski definition) is 2. The van der Waals surface area contributed by atoms with Crippen molar-refractivity contribution < 1.29 is 8.78 Å². The first-order valence-electron chi connectivity index (χ1n) is 6.51. The zero-order chi connectivity index (χ0) is 14.0. The average Bonchev–Trinajstić information content (AvgIpc) is 2.65. The van der Waals surface area contributed by atoms with E-state index in [0.29, 0.717) is 12.8 Å². The first kappa shape index (κ1) is 15.4. The summed E-state index contributed by atoms with van der Waals surface area (Å²) in [6.45, 7) is 2.02. The smallest absolute Gasteiger partial charge is 0.248 e. The summed E-state index contributed by atoms with van der Waals surface area (Å²) in [5, 5.41) is 0. The van der Waals surface area contributed by atoms with Crippen molar-refractivity contribution >= 4 is 27.3 Å². The van der Waals surface area contributed by atoms with Gasteiger partial charge in [0.15, 0.2) is 0 Å². The highest BCUT2D eigenvalue weighted by Crippen LogP contribution is 2.41. The molecule has 19 heavy (non-hydrogen) atoms. The van der Waals surface area contributed by atoms with Crippen molar-refractivity contribution in [1.29, 1.82) is 0 Å². The van der Waals surface area contributed by atoms with Gasteiger partial charge in [-0.05, 0) is 59.7 Å². The molecule has 0 bridgehead atoms. The average molecular weight is 353 g/mol. The maximum absolute atomic E-state index is 13.4. The van der Waals surface area contributed by atoms with Crippen LogP contribution in [0.2, 0.25) is 0 Å². The minimum atomic E-state index is -2.49. The van der Waals surface area contributed by atoms with Crippen LogP contribution >= 0.6 is 27.3 Å². The molecule has 2 atom stereocenters. The number of nitrogens with one attached hydrogen (secondary N) is 1. The Hall–Kier alpha value is -0.0400. The zero-order valence-corrected chi connectivity index (χ0v) is 13.3. The third-order valence-electron chi connectivity index (χ3n) is 3.73. The van der Waals surface area contributed by atoms with E-state index in [1.165, 1.54) is 0 Å². The summed E-state index contributed by atoms with van der Waals surface area (Å²) < 4.78 is 27.9. The van der Waals surface area contributed by atoms with Crippen LogP contribution in [0.5, 0.6) is 0 Å². The van der Waals surface area contributed by atoms with Gasteiger partial charge in [0.25, 0.3) is 0 Å². The molecule has 0 amide bonds. The summed E-state index contributed by atoms with van der Waals surface area (Å²) in [5.74, 6) is 3.16. The first-order valence-corrected chi connectivity index (χ1v) is 8.12. The van der Waals surface area contributed by atoms with E-state index in [9.17, 15) is 8.78 Å². The Morgan fingerprint density at radius 1 is 1.63 bits per heavy atom. The van der Waals surface area contributed by atoms with Crippen molar-refractivity contribution in [3.8, 4) is 0 Å². The fourth-order valence-corrected chi connectivity index (χ4v) is 4.38. The summed E-state index contributed by atoms with van der Waals surface area (Å²) >= 11 is 5.11. The molecule has 0 aliphatic heterocycles. The lowest BCUT2D eigenvalue weighted by atomic mass is 9.82. The topological polar surface area (TPSA) is 38.0 Å². The largest absolute Gasteiger partial charge is 0.271 e. The predicted molar refractivity (Wildman–Crippen MR) is 78.3 cm³/mol. The van der Waals surface area contributed by atoms with Gasteiger partial charge in [0.1, 0.15) is 0 Å². The van der Waals surface area contributed by atoms with Crippen molar-refractivity contribution in [3.05, 3.63) is 20.3 Å². The number of hydrazine groups is 1. The summed E-state index contributed by atoms with van der Waals surface area (Å²) in [7, 11) is 0. The highest BCUT2D eigenvalue weighted by Gasteiger charge is 2.37. The molecule has 0 spiro atoms. The zero-order valence-electron chi connectivity index (χ0n) is 10.9. The molecule has 108 valence electrons. The molecule has 0 aromatic carbocycles. The Morgan fingerprint density at radius 3 is 2.89 bits per heavy atom. The van der Waals surface area contributed by atoms with E-state index in [-0.39, 0.29) is 24.8 Å². The monoisotopic (exact) mass is 352 g/mol. The lowest BCUT2D eigenvalue weighted by Gasteiger charge is -2.31. The molecule has 1 saturated carbocycles. The number of hydrogen-bond acceptors (Lipinski definition) is 3. The van der Waals surface area contributed by atoms with Gasteiger partial charge in [-0.2, -0.15) is 0 Å². The molecule has 2 unspecified atom stereocenters. The molecule has 6 heteroatoms. The van der Waals surface area contributed by atoms with Gasteiger partial charge in [-0.1, -0.05) is 0 Å². The third kappa shape index (κ3) is 3.97. The van der Waals surface area contributed by atoms with Gasteiger partial charge in [-0.15, -0.1) is 11.3 Å². The molecule has 1 heterocycles. The minimum absolute atomic E-state index is 0.00327. The molecule has 1 aromatic heterocycles. The molecule has 3 N–H and O–H groups in total. The molecular formula is C13H19BrF2N2S. The molecule has 2 rings (SSSR count). The SMILES string of the molecule is Cc1cc(C(CC2CCCC(F)(F)C2)NN)sc1Br. The normalized spacial score (nSPS) is 24.4. The van der Waals surface area contributed by atoms with E-state index < -0.39 is 5.92 Å². The molecular weight excluding hydrogens is 334 g/mol. The summed E-state index contributed by atoms with van der Waals surface area (Å²) in [4.78, 5) is 1.11.